The van der Waals surface area contributed by atoms with Gasteiger partial charge >= 0.3 is 6.16 Å². The van der Waals surface area contributed by atoms with Crippen LogP contribution in [-0.2, 0) is 11.5 Å². The van der Waals surface area contributed by atoms with Crippen LogP contribution in [0.15, 0.2) is 46.0 Å². The van der Waals surface area contributed by atoms with Crippen LogP contribution < -0.4 is 25.2 Å². The van der Waals surface area contributed by atoms with Gasteiger partial charge in [0.25, 0.3) is 11.2 Å². The number of carbonyl (C=O) groups excluding carboxylic acids is 1. The molecule has 0 aliphatic carbocycles. The van der Waals surface area contributed by atoms with E-state index in [4.69, 9.17) is 18.9 Å². The van der Waals surface area contributed by atoms with E-state index in [-0.39, 0.29) is 39.1 Å². The fourth-order valence-corrected chi connectivity index (χ4v) is 3.06. The Morgan fingerprint density at radius 3 is 2.35 bits per heavy atom. The van der Waals surface area contributed by atoms with E-state index in [0.29, 0.717) is 5.75 Å². The zero-order valence-electron chi connectivity index (χ0n) is 17.6. The van der Waals surface area contributed by atoms with E-state index < -0.39 is 28.8 Å². The van der Waals surface area contributed by atoms with Crippen LogP contribution in [0.3, 0.4) is 0 Å². The number of carbonyl (C=O) groups is 1. The smallest absolute Gasteiger partial charge is 0.493 e. The predicted molar refractivity (Wildman–Crippen MR) is 115 cm³/mol. The molecule has 34 heavy (non-hydrogen) atoms. The van der Waals surface area contributed by atoms with E-state index in [9.17, 15) is 24.5 Å². The molecule has 14 heteroatoms. The molecule has 0 fully saturated rings. The van der Waals surface area contributed by atoms with Crippen LogP contribution in [0, 0.1) is 10.1 Å². The first-order valence-electron chi connectivity index (χ1n) is 9.47. The molecule has 0 aliphatic rings. The summed E-state index contributed by atoms with van der Waals surface area (Å²) in [6.45, 7) is -0.571. The molecule has 14 nitrogen and oxygen atoms in total. The van der Waals surface area contributed by atoms with Crippen molar-refractivity contribution in [1.82, 2.24) is 20.0 Å². The summed E-state index contributed by atoms with van der Waals surface area (Å²) in [5.41, 5.74) is -1.81. The van der Waals surface area contributed by atoms with Crippen LogP contribution in [0.25, 0.3) is 21.9 Å². The maximum Gasteiger partial charge on any atom is 0.515 e. The number of aromatic nitrogens is 4. The summed E-state index contributed by atoms with van der Waals surface area (Å²) in [6, 6.07) is 7.60. The van der Waals surface area contributed by atoms with Crippen LogP contribution in [0.4, 0.5) is 10.5 Å². The summed E-state index contributed by atoms with van der Waals surface area (Å²) in [5.74, 6) is 0.596. The van der Waals surface area contributed by atoms with Gasteiger partial charge in [0.2, 0.25) is 12.2 Å². The Morgan fingerprint density at radius 1 is 1.06 bits per heavy atom. The van der Waals surface area contributed by atoms with Crippen molar-refractivity contribution in [2.24, 2.45) is 0 Å². The van der Waals surface area contributed by atoms with Gasteiger partial charge in [-0.05, 0) is 18.2 Å². The number of nitro groups is 1. The highest BCUT2D eigenvalue weighted by molar-refractivity contribution is 5.88. The lowest BCUT2D eigenvalue weighted by atomic mass is 10.2. The first-order chi connectivity index (χ1) is 16.3. The number of aromatic amines is 1. The van der Waals surface area contributed by atoms with Crippen molar-refractivity contribution in [2.45, 2.75) is 6.73 Å². The van der Waals surface area contributed by atoms with Gasteiger partial charge in [0.05, 0.1) is 30.0 Å². The van der Waals surface area contributed by atoms with Gasteiger partial charge in [-0.2, -0.15) is 0 Å². The molecule has 0 bridgehead atoms. The van der Waals surface area contributed by atoms with Gasteiger partial charge < -0.3 is 23.9 Å². The van der Waals surface area contributed by atoms with Crippen molar-refractivity contribution >= 4 is 33.8 Å². The number of hydrogen-bond donors (Lipinski definition) is 1. The van der Waals surface area contributed by atoms with Crippen molar-refractivity contribution in [3.63, 3.8) is 0 Å². The van der Waals surface area contributed by atoms with Crippen LogP contribution in [-0.4, -0.2) is 45.3 Å². The topological polar surface area (TPSA) is 178 Å². The SMILES string of the molecule is COc1cc2[nH]c(=O)c3nn(COC(=O)Oc4ccc([N+](=O)[O-])cc4)nc3c(=O)c2cc1OC. The second kappa shape index (κ2) is 8.85. The molecule has 0 saturated heterocycles. The molecule has 2 aromatic carbocycles. The number of nitro benzene ring substituents is 1. The highest BCUT2D eigenvalue weighted by Crippen LogP contribution is 2.29. The number of nitrogens with zero attached hydrogens (tertiary/aromatic N) is 4. The zero-order valence-corrected chi connectivity index (χ0v) is 17.6. The van der Waals surface area contributed by atoms with Gasteiger partial charge in [0.15, 0.2) is 22.5 Å². The van der Waals surface area contributed by atoms with Gasteiger partial charge in [0.1, 0.15) is 5.75 Å². The number of ether oxygens (including phenoxy) is 4. The molecule has 0 amide bonds. The van der Waals surface area contributed by atoms with E-state index in [0.717, 1.165) is 16.9 Å². The van der Waals surface area contributed by atoms with Crippen LogP contribution >= 0.6 is 0 Å². The number of hydrogen-bond acceptors (Lipinski definition) is 11. The minimum atomic E-state index is -1.15. The Balaban J connectivity index is 1.60. The van der Waals surface area contributed by atoms with Gasteiger partial charge in [0, 0.05) is 18.2 Å². The van der Waals surface area contributed by atoms with Crippen molar-refractivity contribution < 1.29 is 28.7 Å². The van der Waals surface area contributed by atoms with E-state index >= 15 is 0 Å². The second-order valence-corrected chi connectivity index (χ2v) is 6.68. The first-order valence-corrected chi connectivity index (χ1v) is 9.47. The van der Waals surface area contributed by atoms with Crippen LogP contribution in [0.1, 0.15) is 0 Å². The molecular formula is C20H15N5O9. The first kappa shape index (κ1) is 22.2. The Bertz CT molecular complexity index is 1540. The largest absolute Gasteiger partial charge is 0.515 e. The Morgan fingerprint density at radius 2 is 1.71 bits per heavy atom. The average Bonchev–Trinajstić information content (AvgIpc) is 3.23. The van der Waals surface area contributed by atoms with Crippen molar-refractivity contribution in [3.8, 4) is 17.2 Å². The number of H-pyrrole nitrogens is 1. The quantitative estimate of drug-likeness (QED) is 0.188. The summed E-state index contributed by atoms with van der Waals surface area (Å²) in [5, 5.41) is 18.7. The number of benzene rings is 2. The fourth-order valence-electron chi connectivity index (χ4n) is 3.06. The van der Waals surface area contributed by atoms with Gasteiger partial charge in [-0.1, -0.05) is 0 Å². The third-order valence-corrected chi connectivity index (χ3v) is 4.65. The number of fused-ring (bicyclic) bond motifs is 2. The fraction of sp³-hybridized carbons (Fsp3) is 0.150. The monoisotopic (exact) mass is 469 g/mol. The Hall–Kier alpha value is -5.01. The normalized spacial score (nSPS) is 10.8. The molecule has 0 unspecified atom stereocenters. The molecular weight excluding hydrogens is 454 g/mol. The van der Waals surface area contributed by atoms with Crippen molar-refractivity contribution in [2.75, 3.05) is 14.2 Å². The molecule has 0 spiro atoms. The summed E-state index contributed by atoms with van der Waals surface area (Å²) < 4.78 is 20.2. The van der Waals surface area contributed by atoms with E-state index in [1.165, 1.54) is 38.5 Å². The molecule has 0 aliphatic heterocycles. The third-order valence-electron chi connectivity index (χ3n) is 4.65. The lowest BCUT2D eigenvalue weighted by Gasteiger charge is -2.07. The van der Waals surface area contributed by atoms with Crippen LogP contribution in [0.5, 0.6) is 17.2 Å². The summed E-state index contributed by atoms with van der Waals surface area (Å²) in [6.07, 6.45) is -1.15. The maximum absolute atomic E-state index is 13.0. The zero-order chi connectivity index (χ0) is 24.4. The number of methoxy groups -OCH3 is 2. The number of rotatable bonds is 6. The second-order valence-electron chi connectivity index (χ2n) is 6.68. The Labute approximate surface area is 188 Å². The molecule has 0 atom stereocenters. The summed E-state index contributed by atoms with van der Waals surface area (Å²) in [7, 11) is 2.82. The molecule has 2 heterocycles. The minimum absolute atomic E-state index is 0.00958. The average molecular weight is 469 g/mol. The molecule has 2 aromatic heterocycles. The number of non-ortho nitro benzene ring substituents is 1. The molecule has 174 valence electrons. The third kappa shape index (κ3) is 4.19. The van der Waals surface area contributed by atoms with E-state index in [2.05, 4.69) is 15.2 Å². The molecule has 0 radical (unpaired) electrons. The van der Waals surface area contributed by atoms with Gasteiger partial charge in [-0.25, -0.2) is 4.79 Å². The Kier molecular flexibility index (Phi) is 5.78. The molecule has 4 aromatic rings. The van der Waals surface area contributed by atoms with Crippen molar-refractivity contribution in [3.05, 3.63) is 67.1 Å². The van der Waals surface area contributed by atoms with Gasteiger partial charge in [-0.15, -0.1) is 15.0 Å². The minimum Gasteiger partial charge on any atom is -0.493 e. The number of nitrogens with one attached hydrogen (secondary N) is 1. The van der Waals surface area contributed by atoms with Crippen molar-refractivity contribution in [1.29, 1.82) is 0 Å². The lowest BCUT2D eigenvalue weighted by molar-refractivity contribution is -0.384. The van der Waals surface area contributed by atoms with Crippen LogP contribution in [0.2, 0.25) is 0 Å². The van der Waals surface area contributed by atoms with E-state index in [1.807, 2.05) is 0 Å². The summed E-state index contributed by atoms with van der Waals surface area (Å²) in [4.78, 5) is 51.0. The molecule has 0 saturated carbocycles. The lowest BCUT2D eigenvalue weighted by Crippen LogP contribution is -2.15. The standard InChI is InChI=1S/C20H15N5O9/c1-31-14-7-12-13(8-15(14)32-2)21-19(27)17-16(18(12)26)22-24(23-17)9-33-20(28)34-11-5-3-10(4-6-11)25(29)30/h3-8H,9H2,1-2H3,(H,21,27). The highest BCUT2D eigenvalue weighted by atomic mass is 16.7. The molecule has 4 rings (SSSR count). The maximum atomic E-state index is 13.0. The van der Waals surface area contributed by atoms with Gasteiger partial charge in [-0.3, -0.25) is 19.7 Å². The predicted octanol–water partition coefficient (Wildman–Crippen LogP) is 1.73. The highest BCUT2D eigenvalue weighted by Gasteiger charge is 2.16. The molecule has 1 N–H and O–H groups in total. The summed E-state index contributed by atoms with van der Waals surface area (Å²) >= 11 is 0. The van der Waals surface area contributed by atoms with E-state index in [1.54, 1.807) is 0 Å².